The summed E-state index contributed by atoms with van der Waals surface area (Å²) in [4.78, 5) is 58.9. The largest absolute Gasteiger partial charge is 0.453 e. The Bertz CT molecular complexity index is 2030. The third-order valence-corrected chi connectivity index (χ3v) is 10.5. The van der Waals surface area contributed by atoms with Crippen LogP contribution in [0, 0.1) is 5.92 Å². The fourth-order valence-electron chi connectivity index (χ4n) is 7.41. The van der Waals surface area contributed by atoms with Crippen LogP contribution in [0.1, 0.15) is 83.0 Å². The second-order valence-corrected chi connectivity index (χ2v) is 13.6. The van der Waals surface area contributed by atoms with Crippen molar-refractivity contribution in [3.8, 4) is 22.3 Å². The Hall–Kier alpha value is -5.19. The highest BCUT2D eigenvalue weighted by Crippen LogP contribution is 2.36. The molecular weight excluding hydrogens is 630 g/mol. The third kappa shape index (κ3) is 6.32. The molecule has 2 fully saturated rings. The molecule has 3 aromatic carbocycles. The molecule has 0 saturated carbocycles. The number of H-pyrrole nitrogens is 2. The van der Waals surface area contributed by atoms with Crippen LogP contribution >= 0.6 is 0 Å². The van der Waals surface area contributed by atoms with Gasteiger partial charge in [-0.25, -0.2) is 14.8 Å². The number of likely N-dealkylation sites (tertiary alicyclic amines) is 2. The van der Waals surface area contributed by atoms with E-state index in [1.807, 2.05) is 29.7 Å². The number of carbonyl (C=O) groups excluding carboxylic acids is 3. The number of aromatic nitrogens is 4. The minimum Gasteiger partial charge on any atom is -0.453 e. The van der Waals surface area contributed by atoms with Gasteiger partial charge < -0.3 is 29.8 Å². The van der Waals surface area contributed by atoms with Gasteiger partial charge in [0.25, 0.3) is 0 Å². The maximum Gasteiger partial charge on any atom is 0.407 e. The molecule has 4 atom stereocenters. The first-order valence-electron chi connectivity index (χ1n) is 17.8. The Morgan fingerprint density at radius 2 is 1.24 bits per heavy atom. The topological polar surface area (TPSA) is 136 Å². The van der Waals surface area contributed by atoms with E-state index in [0.29, 0.717) is 13.0 Å². The summed E-state index contributed by atoms with van der Waals surface area (Å²) < 4.78 is 4.72. The van der Waals surface area contributed by atoms with Crippen LogP contribution in [-0.2, 0) is 14.3 Å². The average molecular weight is 676 g/mol. The Morgan fingerprint density at radius 1 is 0.760 bits per heavy atom. The lowest BCUT2D eigenvalue weighted by atomic mass is 10.00. The Morgan fingerprint density at radius 3 is 1.70 bits per heavy atom. The zero-order valence-corrected chi connectivity index (χ0v) is 29.2. The molecule has 2 aliphatic heterocycles. The van der Waals surface area contributed by atoms with Crippen LogP contribution in [0.15, 0.2) is 60.7 Å². The smallest absolute Gasteiger partial charge is 0.407 e. The van der Waals surface area contributed by atoms with Gasteiger partial charge in [-0.2, -0.15) is 0 Å². The highest BCUT2D eigenvalue weighted by molar-refractivity contribution is 5.87. The number of nitrogens with zero attached hydrogens (tertiary/aromatic N) is 4. The van der Waals surface area contributed by atoms with Gasteiger partial charge in [0.1, 0.15) is 17.7 Å². The van der Waals surface area contributed by atoms with Crippen LogP contribution in [-0.4, -0.2) is 73.9 Å². The molecule has 3 N–H and O–H groups in total. The lowest BCUT2D eigenvalue weighted by Gasteiger charge is -2.27. The molecule has 2 aromatic heterocycles. The van der Waals surface area contributed by atoms with Gasteiger partial charge in [0.15, 0.2) is 0 Å². The molecule has 0 unspecified atom stereocenters. The molecule has 11 nitrogen and oxygen atoms in total. The van der Waals surface area contributed by atoms with Crippen LogP contribution in [0.2, 0.25) is 0 Å². The fourth-order valence-corrected chi connectivity index (χ4v) is 7.41. The lowest BCUT2D eigenvalue weighted by Crippen LogP contribution is -2.48. The summed E-state index contributed by atoms with van der Waals surface area (Å²) in [6, 6.07) is 20.2. The van der Waals surface area contributed by atoms with Crippen molar-refractivity contribution in [1.29, 1.82) is 0 Å². The van der Waals surface area contributed by atoms with Gasteiger partial charge in [-0.15, -0.1) is 0 Å². The summed E-state index contributed by atoms with van der Waals surface area (Å²) in [7, 11) is 1.29. The number of hydrogen-bond donors (Lipinski definition) is 3. The first-order valence-corrected chi connectivity index (χ1v) is 17.8. The summed E-state index contributed by atoms with van der Waals surface area (Å²) in [6.45, 7) is 7.34. The van der Waals surface area contributed by atoms with Crippen molar-refractivity contribution in [1.82, 2.24) is 35.1 Å². The van der Waals surface area contributed by atoms with Crippen molar-refractivity contribution in [3.05, 3.63) is 72.3 Å². The second-order valence-electron chi connectivity index (χ2n) is 13.6. The van der Waals surface area contributed by atoms with Crippen molar-refractivity contribution in [2.75, 3.05) is 20.2 Å². The third-order valence-electron chi connectivity index (χ3n) is 10.5. The van der Waals surface area contributed by atoms with Gasteiger partial charge in [-0.3, -0.25) is 9.59 Å². The number of nitrogens with one attached hydrogen (secondary N) is 3. The van der Waals surface area contributed by atoms with Gasteiger partial charge >= 0.3 is 6.09 Å². The van der Waals surface area contributed by atoms with Crippen molar-refractivity contribution in [2.24, 2.45) is 5.92 Å². The molecule has 4 heterocycles. The molecule has 0 spiro atoms. The van der Waals surface area contributed by atoms with Crippen molar-refractivity contribution < 1.29 is 19.1 Å². The number of alkyl carbamates (subject to hydrolysis) is 1. The highest BCUT2D eigenvalue weighted by Gasteiger charge is 2.36. The Labute approximate surface area is 291 Å². The predicted octanol–water partition coefficient (Wildman–Crippen LogP) is 7.28. The number of aromatic amines is 2. The summed E-state index contributed by atoms with van der Waals surface area (Å²) in [6.07, 6.45) is 4.29. The number of amides is 3. The monoisotopic (exact) mass is 675 g/mol. The number of carbonyl (C=O) groups is 3. The van der Waals surface area contributed by atoms with Crippen LogP contribution in [0.3, 0.4) is 0 Å². The molecule has 2 aliphatic rings. The standard InChI is InChI=1S/C39H45N7O4/c1-5-23(3)37(47)45-19-7-9-33(45)35-40-29-17-15-26(21-31(29)42-35)24-11-13-25(14-12-24)27-16-18-30-32(22-27)43-36(41-30)34-10-8-20-46(34)38(48)28(6-2)44-39(49)50-4/h11-18,21-23,28,33-34H,5-10,19-20H2,1-4H3,(H,40,42)(H,41,43)(H,44,49)/t23-,28-,33-,34-/m0/s1. The number of rotatable bonds is 9. The van der Waals surface area contributed by atoms with Crippen LogP contribution in [0.5, 0.6) is 0 Å². The molecule has 0 bridgehead atoms. The SMILES string of the molecule is CC[C@H](NC(=O)OC)C(=O)N1CCC[C@H]1c1nc2cc(-c3ccc(-c4ccc5[nH]c([C@@H]6CCCN6C(=O)[C@@H](C)CC)nc5c4)cc3)ccc2[nH]1. The normalized spacial score (nSPS) is 18.9. The number of imidazole rings is 2. The van der Waals surface area contributed by atoms with E-state index in [1.54, 1.807) is 0 Å². The molecular formula is C39H45N7O4. The number of ether oxygens (including phenoxy) is 1. The van der Waals surface area contributed by atoms with E-state index < -0.39 is 12.1 Å². The number of fused-ring (bicyclic) bond motifs is 2. The maximum absolute atomic E-state index is 13.4. The van der Waals surface area contributed by atoms with E-state index in [2.05, 4.69) is 76.8 Å². The van der Waals surface area contributed by atoms with E-state index in [9.17, 15) is 14.4 Å². The minimum atomic E-state index is -0.644. The molecule has 0 aliphatic carbocycles. The number of methoxy groups -OCH3 is 1. The van der Waals surface area contributed by atoms with E-state index >= 15 is 0 Å². The lowest BCUT2D eigenvalue weighted by molar-refractivity contribution is -0.136. The molecule has 3 amide bonds. The predicted molar refractivity (Wildman–Crippen MR) is 193 cm³/mol. The average Bonchev–Trinajstić information content (AvgIpc) is 3.97. The summed E-state index contributed by atoms with van der Waals surface area (Å²) in [5.41, 5.74) is 7.93. The Balaban J connectivity index is 1.07. The molecule has 260 valence electrons. The Kier molecular flexibility index (Phi) is 9.31. The molecule has 0 radical (unpaired) electrons. The van der Waals surface area contributed by atoms with Gasteiger partial charge in [0.05, 0.1) is 41.3 Å². The molecule has 50 heavy (non-hydrogen) atoms. The molecule has 7 rings (SSSR count). The van der Waals surface area contributed by atoms with E-state index in [-0.39, 0.29) is 29.8 Å². The number of benzene rings is 3. The van der Waals surface area contributed by atoms with Gasteiger partial charge in [0, 0.05) is 19.0 Å². The van der Waals surface area contributed by atoms with Gasteiger partial charge in [0.2, 0.25) is 11.8 Å². The summed E-state index contributed by atoms with van der Waals surface area (Å²) >= 11 is 0. The second kappa shape index (κ2) is 14.0. The fraction of sp³-hybridized carbons (Fsp3) is 0.410. The van der Waals surface area contributed by atoms with E-state index in [0.717, 1.165) is 94.6 Å². The van der Waals surface area contributed by atoms with Crippen molar-refractivity contribution >= 4 is 40.0 Å². The molecule has 11 heteroatoms. The summed E-state index contributed by atoms with van der Waals surface area (Å²) in [5.74, 6) is 1.73. The minimum absolute atomic E-state index is 0.00193. The van der Waals surface area contributed by atoms with Crippen LogP contribution < -0.4 is 5.32 Å². The van der Waals surface area contributed by atoms with Crippen LogP contribution in [0.4, 0.5) is 4.79 Å². The maximum atomic E-state index is 13.4. The van der Waals surface area contributed by atoms with Gasteiger partial charge in [-0.1, -0.05) is 57.2 Å². The van der Waals surface area contributed by atoms with E-state index in [4.69, 9.17) is 14.7 Å². The first-order chi connectivity index (χ1) is 24.3. The van der Waals surface area contributed by atoms with E-state index in [1.165, 1.54) is 7.11 Å². The quantitative estimate of drug-likeness (QED) is 0.150. The van der Waals surface area contributed by atoms with Gasteiger partial charge in [-0.05, 0) is 85.0 Å². The number of hydrogen-bond acceptors (Lipinski definition) is 6. The zero-order chi connectivity index (χ0) is 34.9. The van der Waals surface area contributed by atoms with Crippen molar-refractivity contribution in [3.63, 3.8) is 0 Å². The molecule has 5 aromatic rings. The van der Waals surface area contributed by atoms with Crippen molar-refractivity contribution in [2.45, 2.75) is 77.4 Å². The molecule has 2 saturated heterocycles. The summed E-state index contributed by atoms with van der Waals surface area (Å²) in [5, 5.41) is 2.66. The highest BCUT2D eigenvalue weighted by atomic mass is 16.5. The zero-order valence-electron chi connectivity index (χ0n) is 29.2. The first kappa shape index (κ1) is 33.3. The van der Waals surface area contributed by atoms with Crippen LogP contribution in [0.25, 0.3) is 44.3 Å².